The molecule has 5 heteroatoms. The van der Waals surface area contributed by atoms with E-state index in [1.54, 1.807) is 0 Å². The van der Waals surface area contributed by atoms with Crippen molar-refractivity contribution in [2.24, 2.45) is 5.92 Å². The van der Waals surface area contributed by atoms with Crippen LogP contribution in [0.1, 0.15) is 32.4 Å². The first kappa shape index (κ1) is 17.0. The van der Waals surface area contributed by atoms with E-state index in [4.69, 9.17) is 9.15 Å². The van der Waals surface area contributed by atoms with Gasteiger partial charge < -0.3 is 19.8 Å². The minimum atomic E-state index is -0.197. The molecule has 0 saturated carbocycles. The molecule has 0 spiro atoms. The van der Waals surface area contributed by atoms with Crippen molar-refractivity contribution in [1.82, 2.24) is 10.6 Å². The van der Waals surface area contributed by atoms with Crippen LogP contribution in [0, 0.1) is 5.92 Å². The van der Waals surface area contributed by atoms with Gasteiger partial charge in [0.25, 0.3) is 0 Å². The quantitative estimate of drug-likeness (QED) is 0.855. The summed E-state index contributed by atoms with van der Waals surface area (Å²) >= 11 is 0. The van der Waals surface area contributed by atoms with Gasteiger partial charge in [0.15, 0.2) is 0 Å². The average Bonchev–Trinajstić information content (AvgIpc) is 3.01. The summed E-state index contributed by atoms with van der Waals surface area (Å²) in [5.74, 6) is 1.03. The highest BCUT2D eigenvalue weighted by Gasteiger charge is 2.26. The molecule has 1 aliphatic rings. The first-order valence-electron chi connectivity index (χ1n) is 8.72. The van der Waals surface area contributed by atoms with Crippen molar-refractivity contribution < 1.29 is 13.9 Å². The van der Waals surface area contributed by atoms with Gasteiger partial charge in [-0.15, -0.1) is 0 Å². The van der Waals surface area contributed by atoms with Gasteiger partial charge in [0.1, 0.15) is 11.3 Å². The Morgan fingerprint density at radius 1 is 1.25 bits per heavy atom. The van der Waals surface area contributed by atoms with Gasteiger partial charge in [-0.05, 0) is 30.9 Å². The zero-order chi connectivity index (χ0) is 16.9. The first-order valence-corrected chi connectivity index (χ1v) is 8.72. The van der Waals surface area contributed by atoms with E-state index < -0.39 is 0 Å². The smallest absolute Gasteiger partial charge is 0.237 e. The summed E-state index contributed by atoms with van der Waals surface area (Å²) in [6.45, 7) is 6.08. The molecule has 130 valence electrons. The number of carbonyl (C=O) groups excluding carboxylic acids is 1. The van der Waals surface area contributed by atoms with Crippen LogP contribution < -0.4 is 10.6 Å². The molecular weight excluding hydrogens is 304 g/mol. The van der Waals surface area contributed by atoms with Crippen LogP contribution in [0.3, 0.4) is 0 Å². The fourth-order valence-corrected chi connectivity index (χ4v) is 3.10. The number of hydrogen-bond acceptors (Lipinski definition) is 4. The fourth-order valence-electron chi connectivity index (χ4n) is 3.10. The van der Waals surface area contributed by atoms with Crippen molar-refractivity contribution in [3.63, 3.8) is 0 Å². The molecule has 1 aromatic heterocycles. The van der Waals surface area contributed by atoms with Crippen molar-refractivity contribution in [2.45, 2.75) is 45.3 Å². The number of fused-ring (bicyclic) bond motifs is 1. The zero-order valence-corrected chi connectivity index (χ0v) is 14.4. The van der Waals surface area contributed by atoms with Gasteiger partial charge in [-0.3, -0.25) is 4.79 Å². The Morgan fingerprint density at radius 2 is 2.00 bits per heavy atom. The Kier molecular flexibility index (Phi) is 5.53. The summed E-state index contributed by atoms with van der Waals surface area (Å²) in [6, 6.07) is 10.00. The lowest BCUT2D eigenvalue weighted by molar-refractivity contribution is -0.124. The third-order valence-corrected chi connectivity index (χ3v) is 4.50. The molecule has 0 radical (unpaired) electrons. The molecule has 24 heavy (non-hydrogen) atoms. The van der Waals surface area contributed by atoms with Crippen LogP contribution in [-0.2, 0) is 16.1 Å². The van der Waals surface area contributed by atoms with Gasteiger partial charge in [-0.25, -0.2) is 0 Å². The summed E-state index contributed by atoms with van der Waals surface area (Å²) in [5.41, 5.74) is 0.850. The number of furan rings is 1. The second-order valence-corrected chi connectivity index (χ2v) is 6.74. The molecule has 1 unspecified atom stereocenters. The molecule has 2 N–H and O–H groups in total. The van der Waals surface area contributed by atoms with E-state index in [1.165, 1.54) is 0 Å². The highest BCUT2D eigenvalue weighted by atomic mass is 16.5. The highest BCUT2D eigenvalue weighted by molar-refractivity contribution is 5.82. The molecule has 0 aliphatic carbocycles. The predicted octanol–water partition coefficient (Wildman–Crippen LogP) is 2.84. The second-order valence-electron chi connectivity index (χ2n) is 6.74. The maximum absolute atomic E-state index is 12.6. The van der Waals surface area contributed by atoms with Gasteiger partial charge in [-0.1, -0.05) is 32.0 Å². The number of hydrogen-bond donors (Lipinski definition) is 2. The number of carbonyl (C=O) groups is 1. The van der Waals surface area contributed by atoms with E-state index >= 15 is 0 Å². The summed E-state index contributed by atoms with van der Waals surface area (Å²) in [4.78, 5) is 12.6. The van der Waals surface area contributed by atoms with Crippen LogP contribution in [0.2, 0.25) is 0 Å². The molecule has 2 aromatic rings. The number of amides is 1. The molecule has 1 aliphatic heterocycles. The van der Waals surface area contributed by atoms with E-state index in [-0.39, 0.29) is 17.9 Å². The zero-order valence-electron chi connectivity index (χ0n) is 14.4. The van der Waals surface area contributed by atoms with Crippen molar-refractivity contribution in [3.8, 4) is 0 Å². The van der Waals surface area contributed by atoms with Crippen molar-refractivity contribution in [1.29, 1.82) is 0 Å². The third kappa shape index (κ3) is 4.16. The maximum Gasteiger partial charge on any atom is 0.237 e. The number of benzene rings is 1. The van der Waals surface area contributed by atoms with Crippen molar-refractivity contribution >= 4 is 16.9 Å². The second kappa shape index (κ2) is 7.81. The Balaban J connectivity index is 1.58. The first-order chi connectivity index (χ1) is 11.6. The van der Waals surface area contributed by atoms with Crippen LogP contribution in [-0.4, -0.2) is 31.2 Å². The van der Waals surface area contributed by atoms with Crippen LogP contribution in [0.25, 0.3) is 11.0 Å². The molecule has 1 aromatic carbocycles. The van der Waals surface area contributed by atoms with E-state index in [0.717, 1.165) is 42.8 Å². The van der Waals surface area contributed by atoms with Crippen molar-refractivity contribution in [2.75, 3.05) is 13.2 Å². The Labute approximate surface area is 142 Å². The maximum atomic E-state index is 12.6. The van der Waals surface area contributed by atoms with Gasteiger partial charge in [0.05, 0.1) is 12.6 Å². The van der Waals surface area contributed by atoms with E-state index in [0.29, 0.717) is 12.6 Å². The molecule has 0 bridgehead atoms. The van der Waals surface area contributed by atoms with E-state index in [9.17, 15) is 4.79 Å². The summed E-state index contributed by atoms with van der Waals surface area (Å²) in [6.07, 6.45) is 1.92. The Bertz CT molecular complexity index is 641. The minimum Gasteiger partial charge on any atom is -0.459 e. The normalized spacial score (nSPS) is 17.3. The standard InChI is InChI=1S/C19H26N2O3/c1-13(2)18(21-15-7-9-23-10-8-15)19(22)20-12-16-11-14-5-3-4-6-17(14)24-16/h3-6,11,13,15,18,21H,7-10,12H2,1-2H3,(H,20,22). The third-order valence-electron chi connectivity index (χ3n) is 4.50. The molecule has 1 fully saturated rings. The van der Waals surface area contributed by atoms with Gasteiger partial charge in [-0.2, -0.15) is 0 Å². The van der Waals surface area contributed by atoms with Gasteiger partial charge in [0.2, 0.25) is 5.91 Å². The van der Waals surface area contributed by atoms with E-state index in [1.807, 2.05) is 30.3 Å². The summed E-state index contributed by atoms with van der Waals surface area (Å²) in [7, 11) is 0. The molecule has 2 heterocycles. The van der Waals surface area contributed by atoms with Crippen LogP contribution >= 0.6 is 0 Å². The molecule has 1 atom stereocenters. The summed E-state index contributed by atoms with van der Waals surface area (Å²) in [5, 5.41) is 7.56. The van der Waals surface area contributed by atoms with Crippen LogP contribution in [0.5, 0.6) is 0 Å². The number of rotatable bonds is 6. The molecule has 1 saturated heterocycles. The molecular formula is C19H26N2O3. The molecule has 5 nitrogen and oxygen atoms in total. The Morgan fingerprint density at radius 3 is 2.71 bits per heavy atom. The SMILES string of the molecule is CC(C)C(NC1CCOCC1)C(=O)NCc1cc2ccccc2o1. The number of nitrogens with one attached hydrogen (secondary N) is 2. The topological polar surface area (TPSA) is 63.5 Å². The lowest BCUT2D eigenvalue weighted by atomic mass is 10.00. The van der Waals surface area contributed by atoms with Crippen molar-refractivity contribution in [3.05, 3.63) is 36.1 Å². The van der Waals surface area contributed by atoms with Gasteiger partial charge in [0, 0.05) is 24.6 Å². The Hall–Kier alpha value is -1.85. The average molecular weight is 330 g/mol. The van der Waals surface area contributed by atoms with Crippen LogP contribution in [0.4, 0.5) is 0 Å². The lowest BCUT2D eigenvalue weighted by Crippen LogP contribution is -2.52. The predicted molar refractivity (Wildman–Crippen MR) is 93.7 cm³/mol. The molecule has 1 amide bonds. The highest BCUT2D eigenvalue weighted by Crippen LogP contribution is 2.18. The number of para-hydroxylation sites is 1. The fraction of sp³-hybridized carbons (Fsp3) is 0.526. The monoisotopic (exact) mass is 330 g/mol. The number of ether oxygens (including phenoxy) is 1. The largest absolute Gasteiger partial charge is 0.459 e. The minimum absolute atomic E-state index is 0.0250. The van der Waals surface area contributed by atoms with E-state index in [2.05, 4.69) is 24.5 Å². The summed E-state index contributed by atoms with van der Waals surface area (Å²) < 4.78 is 11.1. The van der Waals surface area contributed by atoms with Crippen LogP contribution in [0.15, 0.2) is 34.7 Å². The van der Waals surface area contributed by atoms with Gasteiger partial charge >= 0.3 is 0 Å². The lowest BCUT2D eigenvalue weighted by Gasteiger charge is -2.29. The molecule has 3 rings (SSSR count).